The summed E-state index contributed by atoms with van der Waals surface area (Å²) in [6, 6.07) is 2.91. The summed E-state index contributed by atoms with van der Waals surface area (Å²) in [5, 5.41) is 3.54. The van der Waals surface area contributed by atoms with Crippen molar-refractivity contribution in [3.05, 3.63) is 41.4 Å². The average molecular weight is 273 g/mol. The Hall–Kier alpha value is -1.55. The van der Waals surface area contributed by atoms with Gasteiger partial charge in [0.15, 0.2) is 0 Å². The molecule has 1 aliphatic rings. The van der Waals surface area contributed by atoms with E-state index in [0.29, 0.717) is 0 Å². The first-order chi connectivity index (χ1) is 9.76. The minimum Gasteiger partial charge on any atom is -0.464 e. The summed E-state index contributed by atoms with van der Waals surface area (Å²) in [7, 11) is 0. The highest BCUT2D eigenvalue weighted by Gasteiger charge is 2.21. The van der Waals surface area contributed by atoms with Gasteiger partial charge in [-0.3, -0.25) is 0 Å². The fourth-order valence-corrected chi connectivity index (χ4v) is 2.49. The minimum absolute atomic E-state index is 0.734. The van der Waals surface area contributed by atoms with Crippen LogP contribution in [0.25, 0.3) is 0 Å². The van der Waals surface area contributed by atoms with Gasteiger partial charge < -0.3 is 14.3 Å². The van der Waals surface area contributed by atoms with Gasteiger partial charge >= 0.3 is 0 Å². The van der Waals surface area contributed by atoms with Crippen LogP contribution in [0.2, 0.25) is 0 Å². The summed E-state index contributed by atoms with van der Waals surface area (Å²) in [4.78, 5) is 4.41. The smallest absolute Gasteiger partial charge is 0.124 e. The second-order valence-electron chi connectivity index (χ2n) is 5.67. The van der Waals surface area contributed by atoms with E-state index in [-0.39, 0.29) is 0 Å². The van der Waals surface area contributed by atoms with E-state index in [1.54, 1.807) is 0 Å². The zero-order valence-electron chi connectivity index (χ0n) is 12.4. The molecule has 20 heavy (non-hydrogen) atoms. The number of furan rings is 1. The largest absolute Gasteiger partial charge is 0.464 e. The normalized spacial score (nSPS) is 14.9. The number of nitrogens with one attached hydrogen (secondary N) is 1. The first kappa shape index (κ1) is 13.4. The van der Waals surface area contributed by atoms with Gasteiger partial charge in [0.25, 0.3) is 0 Å². The standard InChI is InChI=1S/C16H23N3O/c1-3-4-16-17-7-8-19(16)11-15-9-13(12(2)20-15)10-18-14-5-6-14/h7-9,14,18H,3-6,10-11H2,1-2H3. The Morgan fingerprint density at radius 2 is 2.30 bits per heavy atom. The van der Waals surface area contributed by atoms with Gasteiger partial charge in [-0.2, -0.15) is 0 Å². The molecule has 1 aliphatic carbocycles. The van der Waals surface area contributed by atoms with Crippen LogP contribution in [0, 0.1) is 6.92 Å². The highest BCUT2D eigenvalue weighted by atomic mass is 16.3. The molecule has 108 valence electrons. The van der Waals surface area contributed by atoms with Crippen molar-refractivity contribution in [2.45, 2.75) is 58.7 Å². The topological polar surface area (TPSA) is 43.0 Å². The zero-order chi connectivity index (χ0) is 13.9. The predicted octanol–water partition coefficient (Wildman–Crippen LogP) is 3.04. The van der Waals surface area contributed by atoms with Crippen LogP contribution in [0.1, 0.15) is 49.1 Å². The molecule has 1 saturated carbocycles. The van der Waals surface area contributed by atoms with Crippen LogP contribution in [0.3, 0.4) is 0 Å². The van der Waals surface area contributed by atoms with Crippen LogP contribution >= 0.6 is 0 Å². The molecule has 1 fully saturated rings. The van der Waals surface area contributed by atoms with Gasteiger partial charge in [0.2, 0.25) is 0 Å². The van der Waals surface area contributed by atoms with Crippen molar-refractivity contribution in [1.29, 1.82) is 0 Å². The van der Waals surface area contributed by atoms with E-state index in [1.165, 1.54) is 18.4 Å². The molecular formula is C16H23N3O. The summed E-state index contributed by atoms with van der Waals surface area (Å²) in [6.45, 7) is 5.93. The van der Waals surface area contributed by atoms with E-state index < -0.39 is 0 Å². The molecule has 0 bridgehead atoms. The lowest BCUT2D eigenvalue weighted by Crippen LogP contribution is -2.15. The van der Waals surface area contributed by atoms with Gasteiger partial charge in [-0.15, -0.1) is 0 Å². The van der Waals surface area contributed by atoms with Gasteiger partial charge in [-0.25, -0.2) is 4.98 Å². The third kappa shape index (κ3) is 3.12. The predicted molar refractivity (Wildman–Crippen MR) is 78.6 cm³/mol. The number of imidazole rings is 1. The Balaban J connectivity index is 1.67. The number of hydrogen-bond acceptors (Lipinski definition) is 3. The van der Waals surface area contributed by atoms with Crippen molar-refractivity contribution in [3.63, 3.8) is 0 Å². The summed E-state index contributed by atoms with van der Waals surface area (Å²) in [6.07, 6.45) is 8.67. The monoisotopic (exact) mass is 273 g/mol. The molecule has 0 saturated heterocycles. The number of nitrogens with zero attached hydrogens (tertiary/aromatic N) is 2. The van der Waals surface area contributed by atoms with Crippen LogP contribution in [0.5, 0.6) is 0 Å². The van der Waals surface area contributed by atoms with Crippen LogP contribution < -0.4 is 5.32 Å². The van der Waals surface area contributed by atoms with Crippen molar-refractivity contribution in [3.8, 4) is 0 Å². The number of rotatable bonds is 7. The number of aromatic nitrogens is 2. The van der Waals surface area contributed by atoms with Crippen molar-refractivity contribution >= 4 is 0 Å². The lowest BCUT2D eigenvalue weighted by Gasteiger charge is -2.04. The van der Waals surface area contributed by atoms with Crippen molar-refractivity contribution in [2.24, 2.45) is 0 Å². The highest BCUT2D eigenvalue weighted by Crippen LogP contribution is 2.21. The second-order valence-corrected chi connectivity index (χ2v) is 5.67. The lowest BCUT2D eigenvalue weighted by molar-refractivity contribution is 0.462. The van der Waals surface area contributed by atoms with Crippen LogP contribution in [0.15, 0.2) is 22.9 Å². The van der Waals surface area contributed by atoms with Crippen molar-refractivity contribution in [2.75, 3.05) is 0 Å². The van der Waals surface area contributed by atoms with Crippen LogP contribution in [-0.4, -0.2) is 15.6 Å². The first-order valence-corrected chi connectivity index (χ1v) is 7.58. The zero-order valence-corrected chi connectivity index (χ0v) is 12.4. The molecule has 0 amide bonds. The van der Waals surface area contributed by atoms with Crippen molar-refractivity contribution in [1.82, 2.24) is 14.9 Å². The summed E-state index contributed by atoms with van der Waals surface area (Å²) < 4.78 is 8.07. The first-order valence-electron chi connectivity index (χ1n) is 7.58. The minimum atomic E-state index is 0.734. The number of aryl methyl sites for hydroxylation is 2. The Kier molecular flexibility index (Phi) is 3.92. The van der Waals surface area contributed by atoms with Gasteiger partial charge in [-0.05, 0) is 32.3 Å². The van der Waals surface area contributed by atoms with Gasteiger partial charge in [0.05, 0.1) is 6.54 Å². The molecule has 0 atom stereocenters. The molecule has 0 aliphatic heterocycles. The van der Waals surface area contributed by atoms with Gasteiger partial charge in [-0.1, -0.05) is 6.92 Å². The molecule has 0 unspecified atom stereocenters. The second kappa shape index (κ2) is 5.83. The molecule has 0 spiro atoms. The number of hydrogen-bond donors (Lipinski definition) is 1. The molecule has 3 rings (SSSR count). The molecule has 0 aromatic carbocycles. The maximum atomic E-state index is 5.89. The molecule has 2 aromatic rings. The molecule has 2 heterocycles. The van der Waals surface area contributed by atoms with E-state index in [0.717, 1.165) is 49.3 Å². The SMILES string of the molecule is CCCc1nccn1Cc1cc(CNC2CC2)c(C)o1. The third-order valence-electron chi connectivity index (χ3n) is 3.83. The summed E-state index contributed by atoms with van der Waals surface area (Å²) >= 11 is 0. The Labute approximate surface area is 120 Å². The molecule has 1 N–H and O–H groups in total. The van der Waals surface area contributed by atoms with Gasteiger partial charge in [0.1, 0.15) is 17.3 Å². The van der Waals surface area contributed by atoms with E-state index in [1.807, 2.05) is 19.3 Å². The Morgan fingerprint density at radius 3 is 3.05 bits per heavy atom. The highest BCUT2D eigenvalue weighted by molar-refractivity contribution is 5.21. The maximum Gasteiger partial charge on any atom is 0.124 e. The Morgan fingerprint density at radius 1 is 1.45 bits per heavy atom. The molecular weight excluding hydrogens is 250 g/mol. The van der Waals surface area contributed by atoms with E-state index >= 15 is 0 Å². The Bertz CT molecular complexity index is 566. The summed E-state index contributed by atoms with van der Waals surface area (Å²) in [5.74, 6) is 3.19. The lowest BCUT2D eigenvalue weighted by atomic mass is 10.2. The van der Waals surface area contributed by atoms with Crippen LogP contribution in [-0.2, 0) is 19.5 Å². The van der Waals surface area contributed by atoms with Crippen LogP contribution in [0.4, 0.5) is 0 Å². The fraction of sp³-hybridized carbons (Fsp3) is 0.562. The molecule has 0 radical (unpaired) electrons. The summed E-state index contributed by atoms with van der Waals surface area (Å²) in [5.41, 5.74) is 1.28. The average Bonchev–Trinajstić information content (AvgIpc) is 3.06. The molecule has 2 aromatic heterocycles. The fourth-order valence-electron chi connectivity index (χ4n) is 2.49. The van der Waals surface area contributed by atoms with Gasteiger partial charge in [0, 0.05) is 37.0 Å². The van der Waals surface area contributed by atoms with E-state index in [2.05, 4.69) is 27.9 Å². The van der Waals surface area contributed by atoms with E-state index in [4.69, 9.17) is 4.42 Å². The maximum absolute atomic E-state index is 5.89. The van der Waals surface area contributed by atoms with Crippen molar-refractivity contribution < 1.29 is 4.42 Å². The molecule has 4 heteroatoms. The van der Waals surface area contributed by atoms with E-state index in [9.17, 15) is 0 Å². The molecule has 4 nitrogen and oxygen atoms in total. The third-order valence-corrected chi connectivity index (χ3v) is 3.83. The quantitative estimate of drug-likeness (QED) is 0.843.